The fourth-order valence-corrected chi connectivity index (χ4v) is 3.42. The third-order valence-electron chi connectivity index (χ3n) is 4.99. The summed E-state index contributed by atoms with van der Waals surface area (Å²) in [5.74, 6) is 1.10. The van der Waals surface area contributed by atoms with Crippen molar-refractivity contribution in [2.24, 2.45) is 0 Å². The van der Waals surface area contributed by atoms with Crippen LogP contribution in [0.1, 0.15) is 12.5 Å². The van der Waals surface area contributed by atoms with Crippen LogP contribution in [0.15, 0.2) is 54.7 Å². The summed E-state index contributed by atoms with van der Waals surface area (Å²) in [5.41, 5.74) is 3.26. The van der Waals surface area contributed by atoms with Crippen LogP contribution in [-0.4, -0.2) is 41.4 Å². The third-order valence-corrected chi connectivity index (χ3v) is 4.99. The number of para-hydroxylation sites is 1. The molecular weight excluding hydrogens is 355 g/mol. The van der Waals surface area contributed by atoms with Gasteiger partial charge in [-0.3, -0.25) is 0 Å². The third kappa shape index (κ3) is 4.03. The summed E-state index contributed by atoms with van der Waals surface area (Å²) in [6, 6.07) is 14.8. The Kier molecular flexibility index (Phi) is 5.32. The summed E-state index contributed by atoms with van der Waals surface area (Å²) in [7, 11) is 0. The van der Waals surface area contributed by atoms with Gasteiger partial charge in [0.2, 0.25) is 5.95 Å². The number of hydrogen-bond acceptors (Lipinski definition) is 6. The average Bonchev–Trinajstić information content (AvgIpc) is 2.75. The summed E-state index contributed by atoms with van der Waals surface area (Å²) in [5, 5.41) is 11.5. The van der Waals surface area contributed by atoms with Gasteiger partial charge in [0.1, 0.15) is 5.82 Å². The number of rotatable bonds is 5. The zero-order valence-electron chi connectivity index (χ0n) is 15.8. The van der Waals surface area contributed by atoms with Crippen molar-refractivity contribution in [1.82, 2.24) is 15.2 Å². The van der Waals surface area contributed by atoms with E-state index in [-0.39, 0.29) is 5.82 Å². The minimum atomic E-state index is -0.209. The summed E-state index contributed by atoms with van der Waals surface area (Å²) in [4.78, 5) is 9.10. The SMILES string of the molecule is CCc1ccccc1Nc1nncc(N2CCN(c3ccc(F)cc3)CC2)n1. The van der Waals surface area contributed by atoms with Gasteiger partial charge in [0, 0.05) is 37.6 Å². The smallest absolute Gasteiger partial charge is 0.249 e. The summed E-state index contributed by atoms with van der Waals surface area (Å²) in [6.45, 7) is 5.45. The fourth-order valence-electron chi connectivity index (χ4n) is 3.42. The van der Waals surface area contributed by atoms with Crippen LogP contribution in [0.25, 0.3) is 0 Å². The van der Waals surface area contributed by atoms with Crippen molar-refractivity contribution in [2.75, 3.05) is 41.3 Å². The number of aryl methyl sites for hydroxylation is 1. The number of aromatic nitrogens is 3. The lowest BCUT2D eigenvalue weighted by molar-refractivity contribution is 0.624. The van der Waals surface area contributed by atoms with Gasteiger partial charge in [0.05, 0.1) is 6.20 Å². The Labute approximate surface area is 164 Å². The van der Waals surface area contributed by atoms with E-state index in [1.165, 1.54) is 17.7 Å². The molecule has 0 radical (unpaired) electrons. The Morgan fingerprint density at radius 1 is 0.964 bits per heavy atom. The molecule has 0 atom stereocenters. The molecule has 0 spiro atoms. The highest BCUT2D eigenvalue weighted by molar-refractivity contribution is 5.59. The Morgan fingerprint density at radius 3 is 2.43 bits per heavy atom. The molecule has 0 saturated carbocycles. The van der Waals surface area contributed by atoms with Crippen LogP contribution >= 0.6 is 0 Å². The Bertz CT molecular complexity index is 922. The van der Waals surface area contributed by atoms with E-state index in [2.05, 4.69) is 43.3 Å². The van der Waals surface area contributed by atoms with E-state index in [0.29, 0.717) is 5.95 Å². The number of nitrogens with zero attached hydrogens (tertiary/aromatic N) is 5. The lowest BCUT2D eigenvalue weighted by atomic mass is 10.1. The number of benzene rings is 2. The number of anilines is 4. The normalized spacial score (nSPS) is 14.2. The average molecular weight is 378 g/mol. The summed E-state index contributed by atoms with van der Waals surface area (Å²) < 4.78 is 13.1. The molecule has 6 nitrogen and oxygen atoms in total. The van der Waals surface area contributed by atoms with Crippen LogP contribution in [0.2, 0.25) is 0 Å². The highest BCUT2D eigenvalue weighted by atomic mass is 19.1. The molecule has 4 rings (SSSR count). The number of hydrogen-bond donors (Lipinski definition) is 1. The van der Waals surface area contributed by atoms with E-state index in [0.717, 1.165) is 49.8 Å². The Balaban J connectivity index is 1.43. The second kappa shape index (κ2) is 8.21. The predicted octanol–water partition coefficient (Wildman–Crippen LogP) is 3.64. The molecule has 1 saturated heterocycles. The van der Waals surface area contributed by atoms with E-state index < -0.39 is 0 Å². The first-order valence-corrected chi connectivity index (χ1v) is 9.53. The maximum Gasteiger partial charge on any atom is 0.249 e. The van der Waals surface area contributed by atoms with Crippen molar-refractivity contribution < 1.29 is 4.39 Å². The molecule has 0 unspecified atom stereocenters. The van der Waals surface area contributed by atoms with Crippen LogP contribution in [0.5, 0.6) is 0 Å². The lowest BCUT2D eigenvalue weighted by Gasteiger charge is -2.36. The zero-order valence-corrected chi connectivity index (χ0v) is 15.8. The molecule has 1 N–H and O–H groups in total. The Hall–Kier alpha value is -3.22. The van der Waals surface area contributed by atoms with Crippen LogP contribution in [0, 0.1) is 5.82 Å². The van der Waals surface area contributed by atoms with Crippen LogP contribution in [-0.2, 0) is 6.42 Å². The molecule has 1 aliphatic heterocycles. The maximum atomic E-state index is 13.1. The van der Waals surface area contributed by atoms with Gasteiger partial charge in [0.25, 0.3) is 0 Å². The number of nitrogens with one attached hydrogen (secondary N) is 1. The molecule has 1 fully saturated rings. The van der Waals surface area contributed by atoms with Crippen LogP contribution in [0.3, 0.4) is 0 Å². The lowest BCUT2D eigenvalue weighted by Crippen LogP contribution is -2.46. The monoisotopic (exact) mass is 378 g/mol. The fraction of sp³-hybridized carbons (Fsp3) is 0.286. The van der Waals surface area contributed by atoms with E-state index >= 15 is 0 Å². The molecule has 1 aliphatic rings. The van der Waals surface area contributed by atoms with Gasteiger partial charge in [-0.2, -0.15) is 10.1 Å². The zero-order chi connectivity index (χ0) is 19.3. The molecule has 3 aromatic rings. The van der Waals surface area contributed by atoms with Crippen LogP contribution < -0.4 is 15.1 Å². The first kappa shape index (κ1) is 18.2. The van der Waals surface area contributed by atoms with Crippen molar-refractivity contribution in [3.8, 4) is 0 Å². The maximum absolute atomic E-state index is 13.1. The summed E-state index contributed by atoms with van der Waals surface area (Å²) >= 11 is 0. The standard InChI is InChI=1S/C21H23FN6/c1-2-16-5-3-4-6-19(16)24-21-25-20(15-23-26-21)28-13-11-27(12-14-28)18-9-7-17(22)8-10-18/h3-10,15H,2,11-14H2,1H3,(H,24,25,26). The second-order valence-electron chi connectivity index (χ2n) is 6.72. The van der Waals surface area contributed by atoms with Crippen molar-refractivity contribution in [1.29, 1.82) is 0 Å². The molecule has 0 bridgehead atoms. The van der Waals surface area contributed by atoms with Crippen LogP contribution in [0.4, 0.5) is 27.5 Å². The first-order valence-electron chi connectivity index (χ1n) is 9.53. The molecular formula is C21H23FN6. The van der Waals surface area contributed by atoms with Crippen molar-refractivity contribution in [3.63, 3.8) is 0 Å². The van der Waals surface area contributed by atoms with Gasteiger partial charge in [0.15, 0.2) is 5.82 Å². The molecule has 2 heterocycles. The molecule has 2 aromatic carbocycles. The molecule has 28 heavy (non-hydrogen) atoms. The number of halogens is 1. The minimum absolute atomic E-state index is 0.209. The highest BCUT2D eigenvalue weighted by Crippen LogP contribution is 2.22. The second-order valence-corrected chi connectivity index (χ2v) is 6.72. The van der Waals surface area contributed by atoms with E-state index in [9.17, 15) is 4.39 Å². The quantitative estimate of drug-likeness (QED) is 0.732. The van der Waals surface area contributed by atoms with Gasteiger partial charge in [-0.1, -0.05) is 25.1 Å². The number of piperazine rings is 1. The highest BCUT2D eigenvalue weighted by Gasteiger charge is 2.19. The van der Waals surface area contributed by atoms with Gasteiger partial charge in [-0.05, 0) is 42.3 Å². The minimum Gasteiger partial charge on any atom is -0.368 e. The predicted molar refractivity (Wildman–Crippen MR) is 110 cm³/mol. The molecule has 7 heteroatoms. The molecule has 144 valence electrons. The van der Waals surface area contributed by atoms with Gasteiger partial charge < -0.3 is 15.1 Å². The first-order chi connectivity index (χ1) is 13.7. The Morgan fingerprint density at radius 2 is 1.68 bits per heavy atom. The largest absolute Gasteiger partial charge is 0.368 e. The topological polar surface area (TPSA) is 57.2 Å². The van der Waals surface area contributed by atoms with Gasteiger partial charge in [-0.25, -0.2) is 4.39 Å². The van der Waals surface area contributed by atoms with Crippen molar-refractivity contribution in [2.45, 2.75) is 13.3 Å². The summed E-state index contributed by atoms with van der Waals surface area (Å²) in [6.07, 6.45) is 2.63. The van der Waals surface area contributed by atoms with E-state index in [1.54, 1.807) is 6.20 Å². The molecule has 0 aliphatic carbocycles. The van der Waals surface area contributed by atoms with Gasteiger partial charge in [-0.15, -0.1) is 5.10 Å². The van der Waals surface area contributed by atoms with E-state index in [4.69, 9.17) is 0 Å². The molecule has 0 amide bonds. The van der Waals surface area contributed by atoms with Crippen molar-refractivity contribution in [3.05, 3.63) is 66.1 Å². The van der Waals surface area contributed by atoms with Crippen molar-refractivity contribution >= 4 is 23.1 Å². The van der Waals surface area contributed by atoms with Gasteiger partial charge >= 0.3 is 0 Å². The molecule has 1 aromatic heterocycles. The van der Waals surface area contributed by atoms with E-state index in [1.807, 2.05) is 30.3 Å².